The van der Waals surface area contributed by atoms with Crippen molar-refractivity contribution in [3.63, 3.8) is 0 Å². The fourth-order valence-corrected chi connectivity index (χ4v) is 2.82. The zero-order valence-corrected chi connectivity index (χ0v) is 18.1. The number of hydrogen-bond donors (Lipinski definition) is 2. The van der Waals surface area contributed by atoms with Crippen molar-refractivity contribution in [2.24, 2.45) is 5.10 Å². The molecule has 11 nitrogen and oxygen atoms in total. The smallest absolute Gasteiger partial charge is 0.318 e. The summed E-state index contributed by atoms with van der Waals surface area (Å²) in [6, 6.07) is 13.8. The van der Waals surface area contributed by atoms with Crippen molar-refractivity contribution in [1.29, 1.82) is 0 Å². The van der Waals surface area contributed by atoms with Gasteiger partial charge in [0.05, 0.1) is 25.7 Å². The standard InChI is InChI=1S/C20H13IN4O7/c21-16-7-3-13(9-18(16)26)20(27)23-22-11-12-1-5-15(6-2-12)32-19-8-4-14(24(28)29)10-17(19)25(30)31/h1-11,26H,(H,23,27). The molecule has 0 bridgehead atoms. The molecular weight excluding hydrogens is 535 g/mol. The van der Waals surface area contributed by atoms with Crippen molar-refractivity contribution in [2.45, 2.75) is 0 Å². The van der Waals surface area contributed by atoms with E-state index in [-0.39, 0.29) is 22.8 Å². The van der Waals surface area contributed by atoms with Gasteiger partial charge in [-0.05, 0) is 76.7 Å². The van der Waals surface area contributed by atoms with Crippen LogP contribution in [0.15, 0.2) is 65.8 Å². The average molecular weight is 548 g/mol. The van der Waals surface area contributed by atoms with Gasteiger partial charge in [0.1, 0.15) is 11.5 Å². The van der Waals surface area contributed by atoms with Crippen LogP contribution < -0.4 is 10.2 Å². The molecule has 0 saturated heterocycles. The summed E-state index contributed by atoms with van der Waals surface area (Å²) in [6.45, 7) is 0. The van der Waals surface area contributed by atoms with Crippen LogP contribution in [0.4, 0.5) is 11.4 Å². The van der Waals surface area contributed by atoms with Gasteiger partial charge >= 0.3 is 5.69 Å². The molecular formula is C20H13IN4O7. The highest BCUT2D eigenvalue weighted by molar-refractivity contribution is 14.1. The Balaban J connectivity index is 1.66. The lowest BCUT2D eigenvalue weighted by Gasteiger charge is -2.06. The van der Waals surface area contributed by atoms with Gasteiger partial charge in [-0.25, -0.2) is 5.43 Å². The third kappa shape index (κ3) is 5.54. The zero-order chi connectivity index (χ0) is 23.3. The number of nitro groups is 2. The number of carbonyl (C=O) groups excluding carboxylic acids is 1. The first kappa shape index (κ1) is 22.6. The number of hydrogen-bond acceptors (Lipinski definition) is 8. The first-order chi connectivity index (χ1) is 15.2. The summed E-state index contributed by atoms with van der Waals surface area (Å²) in [4.78, 5) is 32.6. The molecule has 162 valence electrons. The number of carbonyl (C=O) groups is 1. The lowest BCUT2D eigenvalue weighted by atomic mass is 10.2. The maximum atomic E-state index is 12.1. The molecule has 3 aromatic carbocycles. The second kappa shape index (κ2) is 9.82. The second-order valence-electron chi connectivity index (χ2n) is 6.20. The number of nitro benzene ring substituents is 2. The Morgan fingerprint density at radius 2 is 1.75 bits per heavy atom. The van der Waals surface area contributed by atoms with Crippen LogP contribution in [0.3, 0.4) is 0 Å². The molecule has 0 fully saturated rings. The van der Waals surface area contributed by atoms with Gasteiger partial charge in [-0.1, -0.05) is 0 Å². The number of nitrogens with one attached hydrogen (secondary N) is 1. The minimum atomic E-state index is -0.764. The molecule has 0 aliphatic carbocycles. The van der Waals surface area contributed by atoms with Crippen LogP contribution in [0, 0.1) is 23.8 Å². The molecule has 0 unspecified atom stereocenters. The monoisotopic (exact) mass is 548 g/mol. The normalized spacial score (nSPS) is 10.7. The van der Waals surface area contributed by atoms with Crippen molar-refractivity contribution < 1.29 is 24.5 Å². The number of phenolic OH excluding ortho intramolecular Hbond substituents is 1. The molecule has 3 rings (SSSR count). The minimum Gasteiger partial charge on any atom is -0.507 e. The van der Waals surface area contributed by atoms with E-state index in [0.29, 0.717) is 9.13 Å². The fourth-order valence-electron chi connectivity index (χ4n) is 2.48. The number of nitrogens with zero attached hydrogens (tertiary/aromatic N) is 3. The average Bonchev–Trinajstić information content (AvgIpc) is 2.76. The van der Waals surface area contributed by atoms with E-state index in [2.05, 4.69) is 10.5 Å². The Morgan fingerprint density at radius 1 is 1.03 bits per heavy atom. The summed E-state index contributed by atoms with van der Waals surface area (Å²) in [5.41, 5.74) is 2.23. The number of benzene rings is 3. The number of halogens is 1. The van der Waals surface area contributed by atoms with Crippen molar-refractivity contribution in [3.05, 3.63) is 95.6 Å². The van der Waals surface area contributed by atoms with Crippen LogP contribution in [0.5, 0.6) is 17.2 Å². The van der Waals surface area contributed by atoms with Crippen LogP contribution >= 0.6 is 22.6 Å². The molecule has 0 spiro atoms. The van der Waals surface area contributed by atoms with Gasteiger partial charge < -0.3 is 9.84 Å². The predicted molar refractivity (Wildman–Crippen MR) is 122 cm³/mol. The van der Waals surface area contributed by atoms with E-state index >= 15 is 0 Å². The Hall–Kier alpha value is -4.07. The molecule has 12 heteroatoms. The van der Waals surface area contributed by atoms with Crippen molar-refractivity contribution in [1.82, 2.24) is 5.43 Å². The number of aromatic hydroxyl groups is 1. The second-order valence-corrected chi connectivity index (χ2v) is 7.36. The SMILES string of the molecule is O=C(NN=Cc1ccc(Oc2ccc([N+](=O)[O-])cc2[N+](=O)[O-])cc1)c1ccc(I)c(O)c1. The van der Waals surface area contributed by atoms with Crippen LogP contribution in [0.25, 0.3) is 0 Å². The van der Waals surface area contributed by atoms with Gasteiger partial charge in [0.2, 0.25) is 5.75 Å². The summed E-state index contributed by atoms with van der Waals surface area (Å²) >= 11 is 1.94. The molecule has 0 radical (unpaired) electrons. The Labute approximate surface area is 193 Å². The number of non-ortho nitro benzene ring substituents is 1. The van der Waals surface area contributed by atoms with Gasteiger partial charge in [-0.3, -0.25) is 25.0 Å². The van der Waals surface area contributed by atoms with E-state index in [9.17, 15) is 30.1 Å². The quantitative estimate of drug-likeness (QED) is 0.192. The van der Waals surface area contributed by atoms with Gasteiger partial charge in [-0.15, -0.1) is 0 Å². The molecule has 3 aromatic rings. The molecule has 0 atom stereocenters. The van der Waals surface area contributed by atoms with E-state index in [1.807, 2.05) is 22.6 Å². The molecule has 0 aliphatic heterocycles. The Bertz CT molecular complexity index is 1230. The number of ether oxygens (including phenoxy) is 1. The zero-order valence-electron chi connectivity index (χ0n) is 16.0. The van der Waals surface area contributed by atoms with Crippen molar-refractivity contribution in [2.75, 3.05) is 0 Å². The molecule has 0 heterocycles. The Kier molecular flexibility index (Phi) is 6.94. The predicted octanol–water partition coefficient (Wildman–Crippen LogP) is 4.37. The van der Waals surface area contributed by atoms with E-state index < -0.39 is 27.1 Å². The number of rotatable bonds is 7. The first-order valence-electron chi connectivity index (χ1n) is 8.77. The number of phenols is 1. The Morgan fingerprint density at radius 3 is 2.38 bits per heavy atom. The summed E-state index contributed by atoms with van der Waals surface area (Å²) in [7, 11) is 0. The summed E-state index contributed by atoms with van der Waals surface area (Å²) in [6.07, 6.45) is 1.38. The van der Waals surface area contributed by atoms with E-state index in [0.717, 1.165) is 18.2 Å². The molecule has 0 aliphatic rings. The number of amides is 1. The van der Waals surface area contributed by atoms with Gasteiger partial charge in [0.25, 0.3) is 11.6 Å². The van der Waals surface area contributed by atoms with E-state index in [4.69, 9.17) is 4.74 Å². The van der Waals surface area contributed by atoms with Gasteiger partial charge in [0, 0.05) is 11.6 Å². The third-order valence-electron chi connectivity index (χ3n) is 4.05. The topological polar surface area (TPSA) is 157 Å². The maximum absolute atomic E-state index is 12.1. The minimum absolute atomic E-state index is 0.00826. The molecule has 0 saturated carbocycles. The van der Waals surface area contributed by atoms with E-state index in [1.54, 1.807) is 24.3 Å². The summed E-state index contributed by atoms with van der Waals surface area (Å²) < 4.78 is 6.09. The lowest BCUT2D eigenvalue weighted by molar-refractivity contribution is -0.394. The van der Waals surface area contributed by atoms with Crippen molar-refractivity contribution >= 4 is 46.1 Å². The highest BCUT2D eigenvalue weighted by Crippen LogP contribution is 2.34. The van der Waals surface area contributed by atoms with Gasteiger partial charge in [-0.2, -0.15) is 5.10 Å². The van der Waals surface area contributed by atoms with Gasteiger partial charge in [0.15, 0.2) is 0 Å². The lowest BCUT2D eigenvalue weighted by Crippen LogP contribution is -2.17. The highest BCUT2D eigenvalue weighted by Gasteiger charge is 2.21. The molecule has 32 heavy (non-hydrogen) atoms. The van der Waals surface area contributed by atoms with Crippen molar-refractivity contribution in [3.8, 4) is 17.2 Å². The maximum Gasteiger partial charge on any atom is 0.318 e. The summed E-state index contributed by atoms with van der Waals surface area (Å²) in [5.74, 6) is -0.392. The summed E-state index contributed by atoms with van der Waals surface area (Å²) in [5, 5.41) is 35.5. The third-order valence-corrected chi connectivity index (χ3v) is 4.96. The molecule has 0 aromatic heterocycles. The van der Waals surface area contributed by atoms with E-state index in [1.165, 1.54) is 24.4 Å². The fraction of sp³-hybridized carbons (Fsp3) is 0. The molecule has 1 amide bonds. The van der Waals surface area contributed by atoms with Crippen LogP contribution in [-0.4, -0.2) is 27.1 Å². The highest BCUT2D eigenvalue weighted by atomic mass is 127. The first-order valence-corrected chi connectivity index (χ1v) is 9.85. The largest absolute Gasteiger partial charge is 0.507 e. The number of hydrazone groups is 1. The van der Waals surface area contributed by atoms with Crippen LogP contribution in [0.1, 0.15) is 15.9 Å². The van der Waals surface area contributed by atoms with Crippen LogP contribution in [-0.2, 0) is 0 Å². The van der Waals surface area contributed by atoms with Crippen LogP contribution in [0.2, 0.25) is 0 Å². The molecule has 2 N–H and O–H groups in total.